The van der Waals surface area contributed by atoms with E-state index in [1.165, 1.54) is 6.08 Å². The average Bonchev–Trinajstić information content (AvgIpc) is 2.63. The molecule has 0 aromatic carbocycles. The zero-order chi connectivity index (χ0) is 11.3. The number of nitrogens with zero attached hydrogens (tertiary/aromatic N) is 3. The van der Waals surface area contributed by atoms with Crippen LogP contribution in [0.3, 0.4) is 0 Å². The van der Waals surface area contributed by atoms with Crippen molar-refractivity contribution in [3.8, 4) is 6.07 Å². The summed E-state index contributed by atoms with van der Waals surface area (Å²) < 4.78 is 1.63. The molecular weight excluding hydrogens is 190 g/mol. The maximum atomic E-state index is 11.7. The second-order valence-electron chi connectivity index (χ2n) is 3.32. The van der Waals surface area contributed by atoms with Crippen LogP contribution in [0.2, 0.25) is 0 Å². The van der Waals surface area contributed by atoms with Gasteiger partial charge in [-0.05, 0) is 12.1 Å². The van der Waals surface area contributed by atoms with Gasteiger partial charge in [0.15, 0.2) is 0 Å². The van der Waals surface area contributed by atoms with Crippen LogP contribution in [0, 0.1) is 11.3 Å². The topological polar surface area (TPSA) is 49.0 Å². The lowest BCUT2D eigenvalue weighted by Crippen LogP contribution is -2.07. The summed E-state index contributed by atoms with van der Waals surface area (Å²) in [6.07, 6.45) is 4.90. The molecule has 4 heteroatoms. The van der Waals surface area contributed by atoms with Crippen LogP contribution in [-0.2, 0) is 6.54 Å². The number of hydrogen-bond donors (Lipinski definition) is 0. The number of aromatic nitrogens is 1. The molecule has 15 heavy (non-hydrogen) atoms. The van der Waals surface area contributed by atoms with Gasteiger partial charge in [-0.1, -0.05) is 0 Å². The first-order chi connectivity index (χ1) is 7.15. The molecule has 0 saturated heterocycles. The third kappa shape index (κ3) is 2.99. The van der Waals surface area contributed by atoms with Gasteiger partial charge in [0.25, 0.3) is 0 Å². The second kappa shape index (κ2) is 5.01. The van der Waals surface area contributed by atoms with E-state index in [2.05, 4.69) is 0 Å². The summed E-state index contributed by atoms with van der Waals surface area (Å²) >= 11 is 0. The molecule has 0 aliphatic heterocycles. The van der Waals surface area contributed by atoms with Crippen molar-refractivity contribution in [3.63, 3.8) is 0 Å². The molecule has 0 atom stereocenters. The molecule has 0 N–H and O–H groups in total. The van der Waals surface area contributed by atoms with Gasteiger partial charge in [-0.2, -0.15) is 5.26 Å². The number of allylic oxidation sites excluding steroid dienone is 1. The van der Waals surface area contributed by atoms with Gasteiger partial charge in [-0.3, -0.25) is 4.79 Å². The van der Waals surface area contributed by atoms with Crippen LogP contribution in [0.15, 0.2) is 30.6 Å². The highest BCUT2D eigenvalue weighted by Gasteiger charge is 2.06. The number of ketones is 1. The Morgan fingerprint density at radius 2 is 2.40 bits per heavy atom. The fourth-order valence-corrected chi connectivity index (χ4v) is 1.15. The Balaban J connectivity index is 2.83. The normalized spacial score (nSPS) is 10.2. The lowest BCUT2D eigenvalue weighted by molar-refractivity contribution is 0.103. The van der Waals surface area contributed by atoms with Crippen molar-refractivity contribution in [2.75, 3.05) is 14.1 Å². The van der Waals surface area contributed by atoms with Crippen molar-refractivity contribution >= 4 is 5.78 Å². The third-order valence-corrected chi connectivity index (χ3v) is 1.85. The molecule has 4 nitrogen and oxygen atoms in total. The first kappa shape index (κ1) is 11.1. The number of hydrogen-bond acceptors (Lipinski definition) is 3. The van der Waals surface area contributed by atoms with Crippen LogP contribution in [0.5, 0.6) is 0 Å². The van der Waals surface area contributed by atoms with E-state index in [1.807, 2.05) is 20.2 Å². The lowest BCUT2D eigenvalue weighted by Gasteiger charge is -2.04. The van der Waals surface area contributed by atoms with E-state index in [0.29, 0.717) is 5.69 Å². The Labute approximate surface area is 89.0 Å². The minimum atomic E-state index is -0.0936. The molecule has 1 aromatic rings. The third-order valence-electron chi connectivity index (χ3n) is 1.85. The van der Waals surface area contributed by atoms with E-state index in [1.54, 1.807) is 34.0 Å². The van der Waals surface area contributed by atoms with Gasteiger partial charge in [0.05, 0.1) is 11.8 Å². The minimum absolute atomic E-state index is 0.0936. The molecule has 0 amide bonds. The summed E-state index contributed by atoms with van der Waals surface area (Å²) in [5, 5.41) is 8.55. The minimum Gasteiger partial charge on any atom is -0.383 e. The van der Waals surface area contributed by atoms with Crippen LogP contribution in [0.4, 0.5) is 0 Å². The molecule has 0 radical (unpaired) electrons. The van der Waals surface area contributed by atoms with Crippen LogP contribution >= 0.6 is 0 Å². The molecule has 0 unspecified atom stereocenters. The molecule has 1 aromatic heterocycles. The smallest absolute Gasteiger partial charge is 0.203 e. The summed E-state index contributed by atoms with van der Waals surface area (Å²) in [6, 6.07) is 5.47. The van der Waals surface area contributed by atoms with Gasteiger partial charge in [0.1, 0.15) is 6.54 Å². The van der Waals surface area contributed by atoms with Crippen LogP contribution < -0.4 is 0 Å². The highest BCUT2D eigenvalue weighted by molar-refractivity contribution is 6.03. The van der Waals surface area contributed by atoms with Crippen molar-refractivity contribution in [2.24, 2.45) is 0 Å². The van der Waals surface area contributed by atoms with Crippen LogP contribution in [0.1, 0.15) is 10.5 Å². The SMILES string of the molecule is CN(C)C=CC(=O)c1cccn1CC#N. The first-order valence-electron chi connectivity index (χ1n) is 4.56. The zero-order valence-electron chi connectivity index (χ0n) is 8.84. The maximum absolute atomic E-state index is 11.7. The zero-order valence-corrected chi connectivity index (χ0v) is 8.84. The number of rotatable bonds is 4. The molecule has 1 rings (SSSR count). The van der Waals surface area contributed by atoms with Gasteiger partial charge in [-0.25, -0.2) is 0 Å². The summed E-state index contributed by atoms with van der Waals surface area (Å²) in [4.78, 5) is 13.4. The summed E-state index contributed by atoms with van der Waals surface area (Å²) in [6.45, 7) is 0.198. The Bertz CT molecular complexity index is 410. The molecule has 0 aliphatic carbocycles. The predicted octanol–water partition coefficient (Wildman–Crippen LogP) is 1.27. The number of carbonyl (C=O) groups is 1. The molecule has 0 aliphatic rings. The Hall–Kier alpha value is -2.02. The molecule has 0 fully saturated rings. The van der Waals surface area contributed by atoms with Gasteiger partial charge >= 0.3 is 0 Å². The van der Waals surface area contributed by atoms with E-state index in [0.717, 1.165) is 0 Å². The van der Waals surface area contributed by atoms with Crippen LogP contribution in [0.25, 0.3) is 0 Å². The fraction of sp³-hybridized carbons (Fsp3) is 0.273. The molecule has 1 heterocycles. The van der Waals surface area contributed by atoms with Crippen molar-refractivity contribution in [1.82, 2.24) is 9.47 Å². The molecular formula is C11H13N3O. The number of carbonyl (C=O) groups excluding carboxylic acids is 1. The lowest BCUT2D eigenvalue weighted by atomic mass is 10.3. The van der Waals surface area contributed by atoms with Crippen molar-refractivity contribution < 1.29 is 4.79 Å². The van der Waals surface area contributed by atoms with E-state index in [9.17, 15) is 4.79 Å². The predicted molar refractivity (Wildman–Crippen MR) is 57.2 cm³/mol. The van der Waals surface area contributed by atoms with E-state index >= 15 is 0 Å². The van der Waals surface area contributed by atoms with Crippen molar-refractivity contribution in [2.45, 2.75) is 6.54 Å². The summed E-state index contributed by atoms with van der Waals surface area (Å²) in [5.74, 6) is -0.0936. The Kier molecular flexibility index (Phi) is 3.69. The second-order valence-corrected chi connectivity index (χ2v) is 3.32. The van der Waals surface area contributed by atoms with Crippen molar-refractivity contribution in [3.05, 3.63) is 36.3 Å². The van der Waals surface area contributed by atoms with Crippen molar-refractivity contribution in [1.29, 1.82) is 5.26 Å². The van der Waals surface area contributed by atoms with E-state index in [-0.39, 0.29) is 12.3 Å². The average molecular weight is 203 g/mol. The van der Waals surface area contributed by atoms with Gasteiger partial charge in [-0.15, -0.1) is 0 Å². The molecule has 0 spiro atoms. The summed E-state index contributed by atoms with van der Waals surface area (Å²) in [7, 11) is 3.69. The standard InChI is InChI=1S/C11H13N3O/c1-13(2)8-5-11(15)10-4-3-7-14(10)9-6-12/h3-5,7-8H,9H2,1-2H3. The highest BCUT2D eigenvalue weighted by atomic mass is 16.1. The molecule has 0 saturated carbocycles. The van der Waals surface area contributed by atoms with Gasteiger partial charge < -0.3 is 9.47 Å². The van der Waals surface area contributed by atoms with Gasteiger partial charge in [0, 0.05) is 32.6 Å². The highest BCUT2D eigenvalue weighted by Crippen LogP contribution is 2.04. The van der Waals surface area contributed by atoms with E-state index < -0.39 is 0 Å². The summed E-state index contributed by atoms with van der Waals surface area (Å²) in [5.41, 5.74) is 0.537. The van der Waals surface area contributed by atoms with Gasteiger partial charge in [0.2, 0.25) is 5.78 Å². The largest absolute Gasteiger partial charge is 0.383 e. The molecule has 78 valence electrons. The Morgan fingerprint density at radius 1 is 1.67 bits per heavy atom. The molecule has 0 bridgehead atoms. The number of nitriles is 1. The first-order valence-corrected chi connectivity index (χ1v) is 4.56. The van der Waals surface area contributed by atoms with E-state index in [4.69, 9.17) is 5.26 Å². The fourth-order valence-electron chi connectivity index (χ4n) is 1.15. The quantitative estimate of drug-likeness (QED) is 0.547. The van der Waals surface area contributed by atoms with Crippen LogP contribution in [-0.4, -0.2) is 29.3 Å². The maximum Gasteiger partial charge on any atom is 0.203 e. The monoisotopic (exact) mass is 203 g/mol. The Morgan fingerprint density at radius 3 is 3.00 bits per heavy atom.